The Bertz CT molecular complexity index is 1350. The highest BCUT2D eigenvalue weighted by atomic mass is 32.1. The Morgan fingerprint density at radius 2 is 1.98 bits per heavy atom. The molecule has 1 atom stereocenters. The van der Waals surface area contributed by atoms with Crippen LogP contribution in [0.5, 0.6) is 0 Å². The summed E-state index contributed by atoms with van der Waals surface area (Å²) < 4.78 is 42.7. The molecular formula is C29H31F3N6OS. The maximum Gasteiger partial charge on any atom is 0.416 e. The van der Waals surface area contributed by atoms with E-state index in [4.69, 9.17) is 17.5 Å². The van der Waals surface area contributed by atoms with Crippen LogP contribution in [0.15, 0.2) is 73.7 Å². The van der Waals surface area contributed by atoms with E-state index in [0.717, 1.165) is 11.6 Å². The second-order valence-corrected chi connectivity index (χ2v) is 9.57. The van der Waals surface area contributed by atoms with Gasteiger partial charge in [0.15, 0.2) is 5.11 Å². The molecule has 0 saturated carbocycles. The Labute approximate surface area is 237 Å². The number of carbonyl (C=O) groups is 1. The van der Waals surface area contributed by atoms with Gasteiger partial charge in [-0.05, 0) is 48.0 Å². The first-order valence-electron chi connectivity index (χ1n) is 12.7. The van der Waals surface area contributed by atoms with Crippen LogP contribution in [-0.4, -0.2) is 44.6 Å². The summed E-state index contributed by atoms with van der Waals surface area (Å²) in [7, 11) is 0. The highest BCUT2D eigenvalue weighted by Gasteiger charge is 2.33. The Balaban J connectivity index is 1.70. The lowest BCUT2D eigenvalue weighted by Gasteiger charge is -2.31. The summed E-state index contributed by atoms with van der Waals surface area (Å²) in [6.07, 6.45) is 0.979. The fourth-order valence-electron chi connectivity index (χ4n) is 4.14. The first-order chi connectivity index (χ1) is 19.1. The first-order valence-corrected chi connectivity index (χ1v) is 13.1. The van der Waals surface area contributed by atoms with Crippen LogP contribution in [0.3, 0.4) is 0 Å². The molecule has 0 aliphatic carbocycles. The van der Waals surface area contributed by atoms with Crippen molar-refractivity contribution in [1.29, 1.82) is 5.26 Å². The lowest BCUT2D eigenvalue weighted by atomic mass is 10.1. The number of nitriles is 1. The molecule has 0 fully saturated rings. The number of benzene rings is 2. The normalized spacial score (nSPS) is 11.8. The number of aromatic nitrogens is 2. The molecule has 210 valence electrons. The second-order valence-electron chi connectivity index (χ2n) is 9.18. The van der Waals surface area contributed by atoms with Crippen molar-refractivity contribution in [3.05, 3.63) is 102 Å². The molecule has 0 radical (unpaired) electrons. The van der Waals surface area contributed by atoms with Gasteiger partial charge in [-0.2, -0.15) is 18.4 Å². The largest absolute Gasteiger partial charge is 0.416 e. The van der Waals surface area contributed by atoms with Gasteiger partial charge >= 0.3 is 6.18 Å². The van der Waals surface area contributed by atoms with Crippen LogP contribution < -0.4 is 10.6 Å². The fraction of sp³-hybridized carbons (Fsp3) is 0.310. The van der Waals surface area contributed by atoms with Gasteiger partial charge in [-0.3, -0.25) is 4.79 Å². The van der Waals surface area contributed by atoms with Crippen LogP contribution >= 0.6 is 12.2 Å². The third-order valence-corrected chi connectivity index (χ3v) is 6.65. The number of halogens is 3. The van der Waals surface area contributed by atoms with Crippen LogP contribution in [-0.2, 0) is 30.5 Å². The molecule has 1 amide bonds. The smallest absolute Gasteiger partial charge is 0.359 e. The monoisotopic (exact) mass is 568 g/mol. The molecule has 0 bridgehead atoms. The highest BCUT2D eigenvalue weighted by molar-refractivity contribution is 7.80. The molecule has 0 saturated heterocycles. The molecule has 11 heteroatoms. The van der Waals surface area contributed by atoms with E-state index in [1.54, 1.807) is 41.7 Å². The minimum Gasteiger partial charge on any atom is -0.359 e. The van der Waals surface area contributed by atoms with Gasteiger partial charge < -0.3 is 20.1 Å². The number of hydrogen-bond donors (Lipinski definition) is 2. The maximum atomic E-state index is 13.6. The average molecular weight is 569 g/mol. The lowest BCUT2D eigenvalue weighted by Crippen LogP contribution is -2.48. The number of rotatable bonds is 12. The molecule has 0 unspecified atom stereocenters. The summed E-state index contributed by atoms with van der Waals surface area (Å²) in [5.74, 6) is -0.242. The van der Waals surface area contributed by atoms with Gasteiger partial charge in [0.2, 0.25) is 5.91 Å². The summed E-state index contributed by atoms with van der Waals surface area (Å²) in [4.78, 5) is 18.8. The van der Waals surface area contributed by atoms with Crippen LogP contribution in [0, 0.1) is 11.3 Å². The van der Waals surface area contributed by atoms with Gasteiger partial charge in [0.1, 0.15) is 0 Å². The van der Waals surface area contributed by atoms with E-state index in [1.165, 1.54) is 12.1 Å². The summed E-state index contributed by atoms with van der Waals surface area (Å²) in [6.45, 7) is 6.51. The Morgan fingerprint density at radius 3 is 2.62 bits per heavy atom. The number of imidazole rings is 1. The van der Waals surface area contributed by atoms with E-state index in [9.17, 15) is 18.0 Å². The van der Waals surface area contributed by atoms with E-state index < -0.39 is 11.7 Å². The van der Waals surface area contributed by atoms with Crippen molar-refractivity contribution in [2.45, 2.75) is 45.1 Å². The SMILES string of the molecule is C=CCNC(=S)N(Cc1ccccc1C(F)(F)F)C[C@H](CC)NC(=O)Cc1cncn1Cc1ccc(C#N)cc1. The van der Waals surface area contributed by atoms with Crippen molar-refractivity contribution in [3.63, 3.8) is 0 Å². The third kappa shape index (κ3) is 8.68. The van der Waals surface area contributed by atoms with Crippen molar-refractivity contribution in [2.75, 3.05) is 13.1 Å². The number of nitrogens with zero attached hydrogens (tertiary/aromatic N) is 4. The minimum atomic E-state index is -4.50. The van der Waals surface area contributed by atoms with Gasteiger partial charge in [-0.15, -0.1) is 6.58 Å². The molecule has 2 aromatic carbocycles. The van der Waals surface area contributed by atoms with E-state index in [1.807, 2.05) is 23.6 Å². The van der Waals surface area contributed by atoms with E-state index in [-0.39, 0.29) is 42.1 Å². The summed E-state index contributed by atoms with van der Waals surface area (Å²) in [5, 5.41) is 15.2. The number of carbonyl (C=O) groups excluding carboxylic acids is 1. The van der Waals surface area contributed by atoms with Crippen molar-refractivity contribution in [2.24, 2.45) is 0 Å². The standard InChI is InChI=1S/C29H31F3N6OS/c1-3-13-35-28(40)37(18-23-7-5-6-8-26(23)29(30,31)32)19-24(4-2)36-27(39)14-25-16-34-20-38(25)17-22-11-9-21(15-33)10-12-22/h3,5-12,16,20,24H,1,4,13-14,17-19H2,2H3,(H,35,40)(H,36,39)/t24-/m0/s1. The van der Waals surface area contributed by atoms with Gasteiger partial charge in [0.25, 0.3) is 0 Å². The predicted octanol–water partition coefficient (Wildman–Crippen LogP) is 4.82. The summed E-state index contributed by atoms with van der Waals surface area (Å²) in [5.41, 5.74) is 1.59. The van der Waals surface area contributed by atoms with Gasteiger partial charge in [0, 0.05) is 44.1 Å². The zero-order valence-electron chi connectivity index (χ0n) is 22.1. The lowest BCUT2D eigenvalue weighted by molar-refractivity contribution is -0.138. The van der Waals surface area contributed by atoms with Crippen molar-refractivity contribution >= 4 is 23.2 Å². The van der Waals surface area contributed by atoms with E-state index in [0.29, 0.717) is 30.8 Å². The first kappa shape index (κ1) is 30.4. The zero-order chi connectivity index (χ0) is 29.1. The van der Waals surface area contributed by atoms with Crippen molar-refractivity contribution < 1.29 is 18.0 Å². The van der Waals surface area contributed by atoms with Gasteiger partial charge in [0.05, 0.1) is 29.9 Å². The van der Waals surface area contributed by atoms with E-state index >= 15 is 0 Å². The molecule has 2 N–H and O–H groups in total. The van der Waals surface area contributed by atoms with Crippen LogP contribution in [0.4, 0.5) is 13.2 Å². The fourth-order valence-corrected chi connectivity index (χ4v) is 4.36. The second kappa shape index (κ2) is 14.3. The Morgan fingerprint density at radius 1 is 1.25 bits per heavy atom. The number of hydrogen-bond acceptors (Lipinski definition) is 4. The quantitative estimate of drug-likeness (QED) is 0.241. The van der Waals surface area contributed by atoms with Gasteiger partial charge in [-0.1, -0.05) is 43.3 Å². The minimum absolute atomic E-state index is 0.0723. The molecule has 3 aromatic rings. The molecule has 0 spiro atoms. The van der Waals surface area contributed by atoms with E-state index in [2.05, 4.69) is 28.3 Å². The van der Waals surface area contributed by atoms with Crippen LogP contribution in [0.1, 0.15) is 41.3 Å². The Hall–Kier alpha value is -4.17. The molecular weight excluding hydrogens is 537 g/mol. The molecule has 1 heterocycles. The number of thiocarbonyl (C=S) groups is 1. The van der Waals surface area contributed by atoms with Crippen LogP contribution in [0.2, 0.25) is 0 Å². The van der Waals surface area contributed by atoms with Crippen LogP contribution in [0.25, 0.3) is 0 Å². The Kier molecular flexibility index (Phi) is 10.8. The molecule has 3 rings (SSSR count). The molecule has 0 aliphatic heterocycles. The summed E-state index contributed by atoms with van der Waals surface area (Å²) >= 11 is 5.49. The third-order valence-electron chi connectivity index (χ3n) is 6.24. The molecule has 7 nitrogen and oxygen atoms in total. The molecule has 0 aliphatic rings. The summed E-state index contributed by atoms with van der Waals surface area (Å²) in [6, 6.07) is 14.3. The topological polar surface area (TPSA) is 86.0 Å². The zero-order valence-corrected chi connectivity index (χ0v) is 22.9. The average Bonchev–Trinajstić information content (AvgIpc) is 3.36. The maximum absolute atomic E-state index is 13.6. The molecule has 1 aromatic heterocycles. The van der Waals surface area contributed by atoms with Crippen molar-refractivity contribution in [1.82, 2.24) is 25.1 Å². The van der Waals surface area contributed by atoms with Gasteiger partial charge in [-0.25, -0.2) is 4.98 Å². The molecule has 40 heavy (non-hydrogen) atoms. The highest BCUT2D eigenvalue weighted by Crippen LogP contribution is 2.32. The number of nitrogens with one attached hydrogen (secondary N) is 2. The number of alkyl halides is 3. The predicted molar refractivity (Wildman–Crippen MR) is 151 cm³/mol. The number of amides is 1. The van der Waals surface area contributed by atoms with Crippen molar-refractivity contribution in [3.8, 4) is 6.07 Å².